The van der Waals surface area contributed by atoms with Crippen LogP contribution in [0, 0.1) is 12.8 Å². The van der Waals surface area contributed by atoms with Gasteiger partial charge in [0.2, 0.25) is 5.95 Å². The van der Waals surface area contributed by atoms with E-state index in [1.54, 1.807) is 6.20 Å². The normalized spacial score (nSPS) is 12.5. The lowest BCUT2D eigenvalue weighted by molar-refractivity contribution is 0.258. The van der Waals surface area contributed by atoms with Crippen molar-refractivity contribution in [3.05, 3.63) is 18.0 Å². The maximum atomic E-state index is 8.85. The summed E-state index contributed by atoms with van der Waals surface area (Å²) in [5.74, 6) is 1.16. The minimum Gasteiger partial charge on any atom is -0.396 e. The van der Waals surface area contributed by atoms with Gasteiger partial charge in [0.05, 0.1) is 0 Å². The predicted molar refractivity (Wildman–Crippen MR) is 60.7 cm³/mol. The molecular formula is C11H19N3O. The topological polar surface area (TPSA) is 58.0 Å². The van der Waals surface area contributed by atoms with Gasteiger partial charge in [0.1, 0.15) is 0 Å². The fourth-order valence-corrected chi connectivity index (χ4v) is 1.40. The van der Waals surface area contributed by atoms with E-state index in [1.165, 1.54) is 0 Å². The number of hydrogen-bond acceptors (Lipinski definition) is 4. The van der Waals surface area contributed by atoms with Gasteiger partial charge in [-0.25, -0.2) is 9.97 Å². The minimum absolute atomic E-state index is 0.245. The molecule has 2 N–H and O–H groups in total. The molecule has 4 nitrogen and oxygen atoms in total. The van der Waals surface area contributed by atoms with Crippen LogP contribution in [0.15, 0.2) is 12.3 Å². The maximum Gasteiger partial charge on any atom is 0.222 e. The number of nitrogens with zero attached hydrogens (tertiary/aromatic N) is 2. The van der Waals surface area contributed by atoms with E-state index in [-0.39, 0.29) is 6.61 Å². The van der Waals surface area contributed by atoms with Crippen molar-refractivity contribution in [2.75, 3.05) is 18.5 Å². The number of aryl methyl sites for hydroxylation is 1. The van der Waals surface area contributed by atoms with Gasteiger partial charge < -0.3 is 10.4 Å². The van der Waals surface area contributed by atoms with E-state index < -0.39 is 0 Å². The summed E-state index contributed by atoms with van der Waals surface area (Å²) in [6.07, 6.45) is 3.63. The van der Waals surface area contributed by atoms with Gasteiger partial charge in [0, 0.05) is 25.0 Å². The molecule has 1 rings (SSSR count). The van der Waals surface area contributed by atoms with Gasteiger partial charge in [-0.05, 0) is 25.3 Å². The fourth-order valence-electron chi connectivity index (χ4n) is 1.40. The average Bonchev–Trinajstić information content (AvgIpc) is 2.24. The molecule has 15 heavy (non-hydrogen) atoms. The number of hydrogen-bond donors (Lipinski definition) is 2. The van der Waals surface area contributed by atoms with Gasteiger partial charge in [-0.15, -0.1) is 0 Å². The highest BCUT2D eigenvalue weighted by atomic mass is 16.3. The van der Waals surface area contributed by atoms with Gasteiger partial charge in [0.25, 0.3) is 0 Å². The van der Waals surface area contributed by atoms with E-state index in [1.807, 2.05) is 13.0 Å². The molecule has 0 saturated heterocycles. The summed E-state index contributed by atoms with van der Waals surface area (Å²) >= 11 is 0. The lowest BCUT2D eigenvalue weighted by Crippen LogP contribution is -2.16. The van der Waals surface area contributed by atoms with E-state index in [9.17, 15) is 0 Å². The number of nitrogens with one attached hydrogen (secondary N) is 1. The van der Waals surface area contributed by atoms with Crippen LogP contribution in [0.5, 0.6) is 0 Å². The molecule has 0 aromatic carbocycles. The van der Waals surface area contributed by atoms with Crippen molar-refractivity contribution in [1.29, 1.82) is 0 Å². The Hall–Kier alpha value is -1.16. The Morgan fingerprint density at radius 3 is 2.93 bits per heavy atom. The van der Waals surface area contributed by atoms with E-state index in [0.29, 0.717) is 11.9 Å². The van der Waals surface area contributed by atoms with Crippen molar-refractivity contribution in [3.63, 3.8) is 0 Å². The lowest BCUT2D eigenvalue weighted by Gasteiger charge is -2.14. The Morgan fingerprint density at radius 1 is 1.53 bits per heavy atom. The number of rotatable bonds is 6. The Labute approximate surface area is 90.8 Å². The molecule has 4 heteroatoms. The van der Waals surface area contributed by atoms with Crippen molar-refractivity contribution >= 4 is 5.95 Å². The minimum atomic E-state index is 0.245. The number of aliphatic hydroxyl groups is 1. The van der Waals surface area contributed by atoms with E-state index >= 15 is 0 Å². The predicted octanol–water partition coefficient (Wildman–Crippen LogP) is 1.61. The zero-order chi connectivity index (χ0) is 11.1. The second-order valence-corrected chi connectivity index (χ2v) is 3.69. The number of aromatic nitrogens is 2. The van der Waals surface area contributed by atoms with Crippen LogP contribution in [0.1, 0.15) is 25.5 Å². The van der Waals surface area contributed by atoms with Crippen LogP contribution in [0.4, 0.5) is 5.95 Å². The summed E-state index contributed by atoms with van der Waals surface area (Å²) < 4.78 is 0. The molecule has 0 fully saturated rings. The standard InChI is InChI=1S/C11H19N3O/c1-3-10(5-7-15)8-13-11-12-6-4-9(2)14-11/h4,6,10,15H,3,5,7-8H2,1-2H3,(H,12,13,14). The Bertz CT molecular complexity index is 291. The van der Waals surface area contributed by atoms with Crippen LogP contribution in [-0.2, 0) is 0 Å². The fraction of sp³-hybridized carbons (Fsp3) is 0.636. The molecule has 0 aliphatic heterocycles. The molecule has 0 spiro atoms. The van der Waals surface area contributed by atoms with Gasteiger partial charge >= 0.3 is 0 Å². The van der Waals surface area contributed by atoms with E-state index in [4.69, 9.17) is 5.11 Å². The van der Waals surface area contributed by atoms with E-state index in [2.05, 4.69) is 22.2 Å². The zero-order valence-electron chi connectivity index (χ0n) is 9.40. The van der Waals surface area contributed by atoms with Crippen molar-refractivity contribution in [1.82, 2.24) is 9.97 Å². The molecular weight excluding hydrogens is 190 g/mol. The highest BCUT2D eigenvalue weighted by Gasteiger charge is 2.05. The molecule has 0 aliphatic carbocycles. The van der Waals surface area contributed by atoms with Crippen LogP contribution in [-0.4, -0.2) is 28.2 Å². The molecule has 1 atom stereocenters. The molecule has 0 saturated carbocycles. The molecule has 0 amide bonds. The molecule has 84 valence electrons. The summed E-state index contributed by atoms with van der Waals surface area (Å²) in [5, 5.41) is 12.0. The number of aliphatic hydroxyl groups excluding tert-OH is 1. The van der Waals surface area contributed by atoms with Crippen molar-refractivity contribution in [3.8, 4) is 0 Å². The largest absolute Gasteiger partial charge is 0.396 e. The third-order valence-electron chi connectivity index (χ3n) is 2.46. The third kappa shape index (κ3) is 4.25. The molecule has 0 radical (unpaired) electrons. The Kier molecular flexibility index (Phi) is 5.04. The van der Waals surface area contributed by atoms with E-state index in [0.717, 1.165) is 25.1 Å². The summed E-state index contributed by atoms with van der Waals surface area (Å²) in [6.45, 7) is 5.13. The van der Waals surface area contributed by atoms with Crippen LogP contribution >= 0.6 is 0 Å². The molecule has 0 aliphatic rings. The summed E-state index contributed by atoms with van der Waals surface area (Å²) in [6, 6.07) is 1.87. The molecule has 1 aromatic rings. The van der Waals surface area contributed by atoms with Crippen LogP contribution in [0.25, 0.3) is 0 Å². The van der Waals surface area contributed by atoms with Crippen LogP contribution < -0.4 is 5.32 Å². The monoisotopic (exact) mass is 209 g/mol. The second kappa shape index (κ2) is 6.35. The zero-order valence-corrected chi connectivity index (χ0v) is 9.40. The average molecular weight is 209 g/mol. The van der Waals surface area contributed by atoms with Crippen LogP contribution in [0.2, 0.25) is 0 Å². The summed E-state index contributed by atoms with van der Waals surface area (Å²) in [4.78, 5) is 8.38. The highest BCUT2D eigenvalue weighted by molar-refractivity contribution is 5.24. The first-order valence-corrected chi connectivity index (χ1v) is 5.40. The van der Waals surface area contributed by atoms with Gasteiger partial charge in [0.15, 0.2) is 0 Å². The van der Waals surface area contributed by atoms with Gasteiger partial charge in [-0.2, -0.15) is 0 Å². The SMILES string of the molecule is CCC(CCO)CNc1nccc(C)n1. The maximum absolute atomic E-state index is 8.85. The highest BCUT2D eigenvalue weighted by Crippen LogP contribution is 2.08. The molecule has 1 heterocycles. The first-order chi connectivity index (χ1) is 7.26. The van der Waals surface area contributed by atoms with Crippen molar-refractivity contribution in [2.45, 2.75) is 26.7 Å². The van der Waals surface area contributed by atoms with Gasteiger partial charge in [-0.1, -0.05) is 13.3 Å². The molecule has 0 bridgehead atoms. The Morgan fingerprint density at radius 2 is 2.33 bits per heavy atom. The van der Waals surface area contributed by atoms with Crippen LogP contribution in [0.3, 0.4) is 0 Å². The first-order valence-electron chi connectivity index (χ1n) is 5.40. The lowest BCUT2D eigenvalue weighted by atomic mass is 10.0. The smallest absolute Gasteiger partial charge is 0.222 e. The van der Waals surface area contributed by atoms with Crippen molar-refractivity contribution in [2.24, 2.45) is 5.92 Å². The second-order valence-electron chi connectivity index (χ2n) is 3.69. The number of anilines is 1. The van der Waals surface area contributed by atoms with Crippen molar-refractivity contribution < 1.29 is 5.11 Å². The quantitative estimate of drug-likeness (QED) is 0.747. The Balaban J connectivity index is 2.41. The summed E-state index contributed by atoms with van der Waals surface area (Å²) in [5.41, 5.74) is 0.961. The molecule has 1 aromatic heterocycles. The molecule has 1 unspecified atom stereocenters. The first kappa shape index (κ1) is 11.9. The van der Waals surface area contributed by atoms with Gasteiger partial charge in [-0.3, -0.25) is 0 Å². The summed E-state index contributed by atoms with van der Waals surface area (Å²) in [7, 11) is 0. The third-order valence-corrected chi connectivity index (χ3v) is 2.46.